The number of esters is 1. The number of allylic oxidation sites excluding steroid dienone is 3. The van der Waals surface area contributed by atoms with Crippen LogP contribution in [0.1, 0.15) is 55.5 Å². The number of rotatable bonds is 8. The number of nitrogens with one attached hydrogen (secondary N) is 1. The second-order valence-electron chi connectivity index (χ2n) is 8.77. The van der Waals surface area contributed by atoms with Crippen molar-refractivity contribution in [1.82, 2.24) is 15.2 Å². The number of pyridine rings is 1. The summed E-state index contributed by atoms with van der Waals surface area (Å²) in [6.45, 7) is 15.8. The highest BCUT2D eigenvalue weighted by molar-refractivity contribution is 6.32. The molecule has 180 valence electrons. The van der Waals surface area contributed by atoms with Crippen LogP contribution in [0.15, 0.2) is 61.0 Å². The first-order chi connectivity index (χ1) is 16.2. The molecule has 1 fully saturated rings. The van der Waals surface area contributed by atoms with Gasteiger partial charge >= 0.3 is 5.97 Å². The third kappa shape index (κ3) is 5.78. The maximum atomic E-state index is 12.2. The number of aromatic nitrogens is 1. The minimum absolute atomic E-state index is 0.190. The molecular formula is C28H34ClN3O2. The van der Waals surface area contributed by atoms with Gasteiger partial charge in [-0.15, -0.1) is 0 Å². The molecule has 5 nitrogen and oxygen atoms in total. The predicted molar refractivity (Wildman–Crippen MR) is 140 cm³/mol. The van der Waals surface area contributed by atoms with E-state index in [1.807, 2.05) is 51.1 Å². The summed E-state index contributed by atoms with van der Waals surface area (Å²) >= 11 is 6.77. The van der Waals surface area contributed by atoms with Crippen molar-refractivity contribution in [2.45, 2.75) is 52.6 Å². The van der Waals surface area contributed by atoms with Crippen LogP contribution in [0.25, 0.3) is 11.3 Å². The molecule has 1 saturated heterocycles. The van der Waals surface area contributed by atoms with E-state index in [0.717, 1.165) is 65.0 Å². The van der Waals surface area contributed by atoms with Crippen LogP contribution in [0.5, 0.6) is 0 Å². The molecule has 1 atom stereocenters. The van der Waals surface area contributed by atoms with Crippen molar-refractivity contribution in [2.24, 2.45) is 0 Å². The highest BCUT2D eigenvalue weighted by atomic mass is 35.5. The average molecular weight is 480 g/mol. The molecule has 1 aromatic carbocycles. The van der Waals surface area contributed by atoms with Crippen molar-refractivity contribution in [1.29, 1.82) is 0 Å². The Bertz CT molecular complexity index is 1110. The molecule has 0 radical (unpaired) electrons. The molecule has 2 aromatic rings. The van der Waals surface area contributed by atoms with E-state index in [4.69, 9.17) is 16.3 Å². The Morgan fingerprint density at radius 1 is 1.24 bits per heavy atom. The molecule has 0 saturated carbocycles. The molecule has 1 aromatic heterocycles. The lowest BCUT2D eigenvalue weighted by molar-refractivity contribution is -0.148. The van der Waals surface area contributed by atoms with Gasteiger partial charge in [-0.25, -0.2) is 0 Å². The Morgan fingerprint density at radius 3 is 2.62 bits per heavy atom. The minimum Gasteiger partial charge on any atom is -0.468 e. The Morgan fingerprint density at radius 2 is 1.94 bits per heavy atom. The highest BCUT2D eigenvalue weighted by Crippen LogP contribution is 2.29. The molecule has 0 amide bonds. The largest absolute Gasteiger partial charge is 0.468 e. The maximum Gasteiger partial charge on any atom is 0.323 e. The molecule has 2 heterocycles. The molecule has 1 unspecified atom stereocenters. The lowest BCUT2D eigenvalue weighted by Crippen LogP contribution is -2.44. The van der Waals surface area contributed by atoms with E-state index in [-0.39, 0.29) is 12.0 Å². The number of carbonyl (C=O) groups is 1. The number of piperidine rings is 1. The molecule has 0 spiro atoms. The second-order valence-corrected chi connectivity index (χ2v) is 9.15. The zero-order valence-corrected chi connectivity index (χ0v) is 21.3. The number of methoxy groups -OCH3 is 1. The van der Waals surface area contributed by atoms with Crippen LogP contribution in [0.4, 0.5) is 0 Å². The fraction of sp³-hybridized carbons (Fsp3) is 0.357. The number of benzene rings is 1. The fourth-order valence-electron chi connectivity index (χ4n) is 4.32. The molecule has 1 N–H and O–H groups in total. The quantitative estimate of drug-likeness (QED) is 0.364. The molecule has 1 aliphatic rings. The number of hydrogen-bond acceptors (Lipinski definition) is 5. The van der Waals surface area contributed by atoms with Gasteiger partial charge in [0.2, 0.25) is 0 Å². The lowest BCUT2D eigenvalue weighted by Gasteiger charge is -2.34. The standard InChI is InChI=1S/C28H34ClN3O2/c1-18(19(2)23-12-8-7-9-13-23)21(4)31-22(5)27-20(3)26(29)24(16-30-27)17-32-15-11-10-14-25(32)28(33)34-6/h7-9,12-13,16,25,31H,2,5,10-11,14-15,17H2,1,3-4,6H3/b21-18+. The van der Waals surface area contributed by atoms with Crippen LogP contribution in [0.3, 0.4) is 0 Å². The number of nitrogens with zero attached hydrogens (tertiary/aromatic N) is 2. The summed E-state index contributed by atoms with van der Waals surface area (Å²) in [6.07, 6.45) is 4.66. The van der Waals surface area contributed by atoms with Gasteiger partial charge in [0.1, 0.15) is 6.04 Å². The molecule has 3 rings (SSSR count). The summed E-state index contributed by atoms with van der Waals surface area (Å²) in [7, 11) is 1.44. The lowest BCUT2D eigenvalue weighted by atomic mass is 9.99. The van der Waals surface area contributed by atoms with Gasteiger partial charge in [0.15, 0.2) is 0 Å². The third-order valence-corrected chi connectivity index (χ3v) is 7.06. The van der Waals surface area contributed by atoms with Crippen LogP contribution in [0, 0.1) is 6.92 Å². The van der Waals surface area contributed by atoms with Gasteiger partial charge in [-0.3, -0.25) is 14.7 Å². The Balaban J connectivity index is 1.77. The van der Waals surface area contributed by atoms with E-state index in [2.05, 4.69) is 28.4 Å². The van der Waals surface area contributed by atoms with Crippen LogP contribution in [0.2, 0.25) is 5.02 Å². The number of carbonyl (C=O) groups excluding carboxylic acids is 1. The normalized spacial score (nSPS) is 17.0. The Labute approximate surface area is 208 Å². The summed E-state index contributed by atoms with van der Waals surface area (Å²) < 4.78 is 5.00. The summed E-state index contributed by atoms with van der Waals surface area (Å²) in [6, 6.07) is 9.86. The van der Waals surface area contributed by atoms with E-state index in [9.17, 15) is 4.79 Å². The van der Waals surface area contributed by atoms with Gasteiger partial charge in [0, 0.05) is 24.0 Å². The third-order valence-electron chi connectivity index (χ3n) is 6.54. The Hall–Kier alpha value is -2.89. The van der Waals surface area contributed by atoms with Gasteiger partial charge in [-0.1, -0.05) is 61.5 Å². The van der Waals surface area contributed by atoms with Crippen LogP contribution in [-0.4, -0.2) is 35.5 Å². The Kier molecular flexibility index (Phi) is 8.70. The average Bonchev–Trinajstić information content (AvgIpc) is 2.86. The second kappa shape index (κ2) is 11.5. The van der Waals surface area contributed by atoms with Crippen molar-refractivity contribution in [2.75, 3.05) is 13.7 Å². The fourth-order valence-corrected chi connectivity index (χ4v) is 4.52. The van der Waals surface area contributed by atoms with E-state index < -0.39 is 0 Å². The molecule has 1 aliphatic heterocycles. The van der Waals surface area contributed by atoms with Crippen LogP contribution in [-0.2, 0) is 16.1 Å². The number of likely N-dealkylation sites (tertiary alicyclic amines) is 1. The molecular weight excluding hydrogens is 446 g/mol. The zero-order chi connectivity index (χ0) is 24.8. The predicted octanol–water partition coefficient (Wildman–Crippen LogP) is 6.14. The molecule has 6 heteroatoms. The summed E-state index contributed by atoms with van der Waals surface area (Å²) in [5.74, 6) is -0.190. The molecule has 0 bridgehead atoms. The van der Waals surface area contributed by atoms with E-state index in [0.29, 0.717) is 17.3 Å². The smallest absolute Gasteiger partial charge is 0.323 e. The highest BCUT2D eigenvalue weighted by Gasteiger charge is 2.30. The minimum atomic E-state index is -0.236. The number of hydrogen-bond donors (Lipinski definition) is 1. The first-order valence-corrected chi connectivity index (χ1v) is 12.0. The zero-order valence-electron chi connectivity index (χ0n) is 20.6. The van der Waals surface area contributed by atoms with E-state index >= 15 is 0 Å². The summed E-state index contributed by atoms with van der Waals surface area (Å²) in [5, 5.41) is 4.02. The van der Waals surface area contributed by atoms with Crippen molar-refractivity contribution in [3.05, 3.63) is 88.4 Å². The van der Waals surface area contributed by atoms with Gasteiger partial charge in [0.05, 0.1) is 23.5 Å². The SMILES string of the molecule is C=C(/C(C)=C(\C)NC(=C)c1ncc(CN2CCCCC2C(=O)OC)c(Cl)c1C)c1ccccc1. The van der Waals surface area contributed by atoms with Gasteiger partial charge in [-0.05, 0) is 62.4 Å². The summed E-state index contributed by atoms with van der Waals surface area (Å²) in [5.41, 5.74) is 7.18. The van der Waals surface area contributed by atoms with E-state index in [1.54, 1.807) is 6.20 Å². The number of ether oxygens (including phenoxy) is 1. The number of halogens is 1. The van der Waals surface area contributed by atoms with Crippen LogP contribution >= 0.6 is 11.6 Å². The van der Waals surface area contributed by atoms with Crippen molar-refractivity contribution >= 4 is 28.8 Å². The first-order valence-electron chi connectivity index (χ1n) is 11.6. The van der Waals surface area contributed by atoms with Crippen molar-refractivity contribution in [3.8, 4) is 0 Å². The maximum absolute atomic E-state index is 12.2. The topological polar surface area (TPSA) is 54.5 Å². The van der Waals surface area contributed by atoms with Gasteiger partial charge < -0.3 is 10.1 Å². The van der Waals surface area contributed by atoms with Crippen molar-refractivity contribution in [3.63, 3.8) is 0 Å². The van der Waals surface area contributed by atoms with Gasteiger partial charge in [-0.2, -0.15) is 0 Å². The monoisotopic (exact) mass is 479 g/mol. The van der Waals surface area contributed by atoms with Gasteiger partial charge in [0.25, 0.3) is 0 Å². The molecule has 0 aliphatic carbocycles. The van der Waals surface area contributed by atoms with Crippen molar-refractivity contribution < 1.29 is 9.53 Å². The van der Waals surface area contributed by atoms with Crippen LogP contribution < -0.4 is 5.32 Å². The first kappa shape index (κ1) is 25.7. The summed E-state index contributed by atoms with van der Waals surface area (Å²) in [4.78, 5) is 19.0. The van der Waals surface area contributed by atoms with E-state index in [1.165, 1.54) is 7.11 Å². The molecule has 34 heavy (non-hydrogen) atoms.